The van der Waals surface area contributed by atoms with E-state index in [-0.39, 0.29) is 17.9 Å². The number of nitrogens with two attached hydrogens (primary N) is 1. The van der Waals surface area contributed by atoms with Gasteiger partial charge in [-0.2, -0.15) is 5.10 Å². The van der Waals surface area contributed by atoms with Crippen LogP contribution in [-0.2, 0) is 13.5 Å². The highest BCUT2D eigenvalue weighted by Crippen LogP contribution is 2.37. The van der Waals surface area contributed by atoms with E-state index in [0.29, 0.717) is 0 Å². The number of hydrogen-bond donors (Lipinski definition) is 1. The van der Waals surface area contributed by atoms with E-state index in [1.165, 1.54) is 11.6 Å². The first-order valence-electron chi connectivity index (χ1n) is 7.39. The molecule has 1 aromatic carbocycles. The Labute approximate surface area is 124 Å². The summed E-state index contributed by atoms with van der Waals surface area (Å²) < 4.78 is 15.4. The molecule has 5 heteroatoms. The Balaban J connectivity index is 2.01. The number of fused-ring (bicyclic) bond motifs is 1. The molecule has 0 bridgehead atoms. The summed E-state index contributed by atoms with van der Waals surface area (Å²) in [5, 5.41) is 4.26. The summed E-state index contributed by atoms with van der Waals surface area (Å²) >= 11 is 0. The lowest BCUT2D eigenvalue weighted by Crippen LogP contribution is -2.40. The van der Waals surface area contributed by atoms with Crippen LogP contribution >= 0.6 is 0 Å². The van der Waals surface area contributed by atoms with Crippen molar-refractivity contribution in [3.63, 3.8) is 0 Å². The monoisotopic (exact) mass is 288 g/mol. The minimum absolute atomic E-state index is 0.0107. The fraction of sp³-hybridized carbons (Fsp3) is 0.438. The molecule has 0 saturated heterocycles. The summed E-state index contributed by atoms with van der Waals surface area (Å²) in [4.78, 5) is 2.23. The van der Waals surface area contributed by atoms with E-state index in [4.69, 9.17) is 5.73 Å². The maximum absolute atomic E-state index is 13.6. The molecular formula is C16H21FN4. The normalized spacial score (nSPS) is 16.9. The predicted octanol–water partition coefficient (Wildman–Crippen LogP) is 2.40. The van der Waals surface area contributed by atoms with Crippen molar-refractivity contribution < 1.29 is 4.39 Å². The van der Waals surface area contributed by atoms with E-state index in [1.807, 2.05) is 25.5 Å². The van der Waals surface area contributed by atoms with Crippen molar-refractivity contribution in [1.29, 1.82) is 0 Å². The first-order chi connectivity index (χ1) is 10.1. The van der Waals surface area contributed by atoms with Gasteiger partial charge in [-0.25, -0.2) is 4.39 Å². The third-order valence-electron chi connectivity index (χ3n) is 4.26. The lowest BCUT2D eigenvalue weighted by molar-refractivity contribution is 0.497. The Hall–Kier alpha value is -1.88. The van der Waals surface area contributed by atoms with Crippen LogP contribution in [0.15, 0.2) is 30.6 Å². The third kappa shape index (κ3) is 2.53. The van der Waals surface area contributed by atoms with Gasteiger partial charge in [0, 0.05) is 37.1 Å². The fourth-order valence-corrected chi connectivity index (χ4v) is 3.14. The molecule has 2 N–H and O–H groups in total. The maximum Gasteiger partial charge on any atom is 0.125 e. The summed E-state index contributed by atoms with van der Waals surface area (Å²) in [5.74, 6) is -0.198. The Kier molecular flexibility index (Phi) is 3.68. The van der Waals surface area contributed by atoms with Crippen molar-refractivity contribution >= 4 is 5.69 Å². The molecule has 2 aromatic rings. The molecular weight excluding hydrogens is 267 g/mol. The van der Waals surface area contributed by atoms with Crippen molar-refractivity contribution in [2.45, 2.75) is 31.8 Å². The van der Waals surface area contributed by atoms with Crippen molar-refractivity contribution in [3.05, 3.63) is 47.5 Å². The van der Waals surface area contributed by atoms with Gasteiger partial charge in [0.15, 0.2) is 0 Å². The highest BCUT2D eigenvalue weighted by Gasteiger charge is 2.31. The molecule has 1 aliphatic heterocycles. The quantitative estimate of drug-likeness (QED) is 0.939. The second kappa shape index (κ2) is 5.48. The molecule has 2 unspecified atom stereocenters. The smallest absolute Gasteiger partial charge is 0.125 e. The average molecular weight is 288 g/mol. The largest absolute Gasteiger partial charge is 0.362 e. The van der Waals surface area contributed by atoms with Gasteiger partial charge in [0.2, 0.25) is 0 Å². The first-order valence-corrected chi connectivity index (χ1v) is 7.39. The molecule has 2 atom stereocenters. The molecule has 0 saturated carbocycles. The van der Waals surface area contributed by atoms with Crippen LogP contribution in [0.5, 0.6) is 0 Å². The second-order valence-corrected chi connectivity index (χ2v) is 5.68. The van der Waals surface area contributed by atoms with Gasteiger partial charge in [-0.05, 0) is 30.5 Å². The van der Waals surface area contributed by atoms with Gasteiger partial charge in [-0.3, -0.25) is 4.68 Å². The van der Waals surface area contributed by atoms with E-state index in [9.17, 15) is 4.39 Å². The highest BCUT2D eigenvalue weighted by atomic mass is 19.1. The molecule has 112 valence electrons. The number of hydrogen-bond acceptors (Lipinski definition) is 3. The zero-order valence-electron chi connectivity index (χ0n) is 12.5. The number of aromatic nitrogens is 2. The summed E-state index contributed by atoms with van der Waals surface area (Å²) in [6.07, 6.45) is 5.65. The molecule has 0 radical (unpaired) electrons. The number of halogens is 1. The molecule has 0 spiro atoms. The van der Waals surface area contributed by atoms with Crippen molar-refractivity contribution in [3.8, 4) is 0 Å². The van der Waals surface area contributed by atoms with Gasteiger partial charge < -0.3 is 10.6 Å². The Morgan fingerprint density at radius 3 is 2.90 bits per heavy atom. The molecule has 0 aliphatic carbocycles. The zero-order valence-corrected chi connectivity index (χ0v) is 12.5. The van der Waals surface area contributed by atoms with Crippen molar-refractivity contribution in [2.75, 3.05) is 11.4 Å². The Morgan fingerprint density at radius 1 is 1.43 bits per heavy atom. The van der Waals surface area contributed by atoms with Crippen LogP contribution in [0, 0.1) is 5.82 Å². The van der Waals surface area contributed by atoms with Crippen LogP contribution in [0.3, 0.4) is 0 Å². The number of aryl methyl sites for hydroxylation is 1. The van der Waals surface area contributed by atoms with Crippen LogP contribution in [0.4, 0.5) is 10.1 Å². The topological polar surface area (TPSA) is 47.1 Å². The minimum Gasteiger partial charge on any atom is -0.362 e. The third-order valence-corrected chi connectivity index (χ3v) is 4.26. The minimum atomic E-state index is -0.198. The molecule has 21 heavy (non-hydrogen) atoms. The summed E-state index contributed by atoms with van der Waals surface area (Å²) in [7, 11) is 1.90. The lowest BCUT2D eigenvalue weighted by Gasteiger charge is -2.33. The van der Waals surface area contributed by atoms with Crippen molar-refractivity contribution in [1.82, 2.24) is 9.78 Å². The van der Waals surface area contributed by atoms with Gasteiger partial charge >= 0.3 is 0 Å². The van der Waals surface area contributed by atoms with Crippen LogP contribution in [-0.4, -0.2) is 22.4 Å². The number of nitrogens with zero attached hydrogens (tertiary/aromatic N) is 3. The summed E-state index contributed by atoms with van der Waals surface area (Å²) in [6.45, 7) is 2.95. The van der Waals surface area contributed by atoms with Gasteiger partial charge in [-0.1, -0.05) is 13.0 Å². The molecule has 0 fully saturated rings. The van der Waals surface area contributed by atoms with Gasteiger partial charge in [0.1, 0.15) is 5.82 Å². The molecule has 3 rings (SSSR count). The highest BCUT2D eigenvalue weighted by molar-refractivity contribution is 5.60. The SMILES string of the molecule is CCC(N)C(c1cnn(C)c1)N1CCc2ccc(F)cc21. The lowest BCUT2D eigenvalue weighted by atomic mass is 9.99. The molecule has 2 heterocycles. The molecule has 1 aliphatic rings. The van der Waals surface area contributed by atoms with E-state index in [2.05, 4.69) is 16.9 Å². The first kappa shape index (κ1) is 14.1. The van der Waals surface area contributed by atoms with E-state index >= 15 is 0 Å². The summed E-state index contributed by atoms with van der Waals surface area (Å²) in [6, 6.07) is 5.05. The number of benzene rings is 1. The van der Waals surface area contributed by atoms with Gasteiger partial charge in [0.25, 0.3) is 0 Å². The van der Waals surface area contributed by atoms with E-state index in [1.54, 1.807) is 10.7 Å². The van der Waals surface area contributed by atoms with Crippen LogP contribution in [0.25, 0.3) is 0 Å². The second-order valence-electron chi connectivity index (χ2n) is 5.68. The molecule has 0 amide bonds. The Morgan fingerprint density at radius 2 is 2.24 bits per heavy atom. The zero-order chi connectivity index (χ0) is 15.0. The predicted molar refractivity (Wildman–Crippen MR) is 81.7 cm³/mol. The summed E-state index contributed by atoms with van der Waals surface area (Å²) in [5.41, 5.74) is 9.60. The van der Waals surface area contributed by atoms with Crippen LogP contribution in [0.1, 0.15) is 30.5 Å². The van der Waals surface area contributed by atoms with E-state index in [0.717, 1.165) is 30.6 Å². The fourth-order valence-electron chi connectivity index (χ4n) is 3.14. The molecule has 1 aromatic heterocycles. The standard InChI is InChI=1S/C16H21FN4/c1-3-14(18)16(12-9-19-20(2)10-12)21-7-6-11-4-5-13(17)8-15(11)21/h4-5,8-10,14,16H,3,6-7,18H2,1-2H3. The molecule has 4 nitrogen and oxygen atoms in total. The van der Waals surface area contributed by atoms with Crippen molar-refractivity contribution in [2.24, 2.45) is 12.8 Å². The van der Waals surface area contributed by atoms with Crippen LogP contribution < -0.4 is 10.6 Å². The average Bonchev–Trinajstić information content (AvgIpc) is 3.06. The number of anilines is 1. The van der Waals surface area contributed by atoms with E-state index < -0.39 is 0 Å². The number of rotatable bonds is 4. The Bertz CT molecular complexity index is 637. The maximum atomic E-state index is 13.6. The van der Waals surface area contributed by atoms with Gasteiger partial charge in [-0.15, -0.1) is 0 Å². The van der Waals surface area contributed by atoms with Gasteiger partial charge in [0.05, 0.1) is 12.2 Å². The van der Waals surface area contributed by atoms with Crippen LogP contribution in [0.2, 0.25) is 0 Å².